The molecule has 1 aliphatic heterocycles. The minimum atomic E-state index is 0.184. The minimum Gasteiger partial charge on any atom is -0.484 e. The molecule has 1 atom stereocenters. The van der Waals surface area contributed by atoms with Gasteiger partial charge in [-0.05, 0) is 18.2 Å². The molecule has 0 radical (unpaired) electrons. The van der Waals surface area contributed by atoms with E-state index in [0.717, 1.165) is 39.3 Å². The summed E-state index contributed by atoms with van der Waals surface area (Å²) in [5.41, 5.74) is 3.83. The van der Waals surface area contributed by atoms with Gasteiger partial charge in [-0.1, -0.05) is 25.1 Å². The minimum absolute atomic E-state index is 0.184. The van der Waals surface area contributed by atoms with E-state index in [2.05, 4.69) is 44.3 Å². The number of aromatic nitrogens is 4. The molecule has 7 heteroatoms. The highest BCUT2D eigenvalue weighted by Crippen LogP contribution is 2.35. The third kappa shape index (κ3) is 3.61. The summed E-state index contributed by atoms with van der Waals surface area (Å²) in [4.78, 5) is 17.6. The first-order chi connectivity index (χ1) is 14.8. The van der Waals surface area contributed by atoms with Crippen LogP contribution >= 0.6 is 0 Å². The number of hydrogen-bond donors (Lipinski definition) is 1. The topological polar surface area (TPSA) is 82.1 Å². The third-order valence-corrected chi connectivity index (χ3v) is 5.14. The van der Waals surface area contributed by atoms with E-state index in [0.29, 0.717) is 25.6 Å². The molecule has 1 aromatic carbocycles. The fraction of sp³-hybridized carbons (Fsp3) is 0.217. The second-order valence-corrected chi connectivity index (χ2v) is 7.22. The van der Waals surface area contributed by atoms with Crippen molar-refractivity contribution in [2.24, 2.45) is 0 Å². The van der Waals surface area contributed by atoms with Crippen LogP contribution in [0.15, 0.2) is 61.2 Å². The maximum atomic E-state index is 5.79. The Bertz CT molecular complexity index is 1200. The second-order valence-electron chi connectivity index (χ2n) is 7.22. The fourth-order valence-corrected chi connectivity index (χ4v) is 3.55. The molecule has 0 spiro atoms. The average Bonchev–Trinajstić information content (AvgIpc) is 2.82. The summed E-state index contributed by atoms with van der Waals surface area (Å²) in [5, 5.41) is 4.49. The van der Waals surface area contributed by atoms with Crippen LogP contribution in [0.3, 0.4) is 0 Å². The Morgan fingerprint density at radius 1 is 1.00 bits per heavy atom. The standard InChI is InChI=1S/C23H21N5O2/c1-15(18-6-7-24-23-22(18)29-8-9-30-23)12-26-21-11-20(27-14-28-21)17-10-16-4-2-3-5-19(16)25-13-17/h2-7,10-11,13-15H,8-9,12H2,1H3,(H,26,27,28). The number of hydrogen-bond acceptors (Lipinski definition) is 7. The summed E-state index contributed by atoms with van der Waals surface area (Å²) < 4.78 is 11.4. The van der Waals surface area contributed by atoms with Gasteiger partial charge in [0.2, 0.25) is 0 Å². The number of fused-ring (bicyclic) bond motifs is 2. The van der Waals surface area contributed by atoms with Gasteiger partial charge in [-0.25, -0.2) is 15.0 Å². The van der Waals surface area contributed by atoms with Crippen molar-refractivity contribution >= 4 is 16.7 Å². The molecule has 0 amide bonds. The second kappa shape index (κ2) is 7.94. The molecule has 1 aliphatic rings. The number of nitrogens with zero attached hydrogens (tertiary/aromatic N) is 4. The van der Waals surface area contributed by atoms with Gasteiger partial charge in [-0.15, -0.1) is 0 Å². The molecule has 0 saturated heterocycles. The Balaban J connectivity index is 1.34. The Morgan fingerprint density at radius 3 is 2.87 bits per heavy atom. The number of pyridine rings is 2. The number of benzene rings is 1. The lowest BCUT2D eigenvalue weighted by molar-refractivity contribution is 0.162. The Kier molecular flexibility index (Phi) is 4.85. The maximum absolute atomic E-state index is 5.79. The summed E-state index contributed by atoms with van der Waals surface area (Å²) >= 11 is 0. The van der Waals surface area contributed by atoms with Crippen LogP contribution in [0.5, 0.6) is 11.6 Å². The highest BCUT2D eigenvalue weighted by molar-refractivity contribution is 5.83. The molecule has 4 heterocycles. The van der Waals surface area contributed by atoms with Gasteiger partial charge < -0.3 is 14.8 Å². The summed E-state index contributed by atoms with van der Waals surface area (Å²) in [5.74, 6) is 2.26. The summed E-state index contributed by atoms with van der Waals surface area (Å²) in [6.45, 7) is 3.90. The zero-order valence-electron chi connectivity index (χ0n) is 16.6. The van der Waals surface area contributed by atoms with Crippen LogP contribution < -0.4 is 14.8 Å². The van der Waals surface area contributed by atoms with Crippen LogP contribution in [0.2, 0.25) is 0 Å². The molecular formula is C23H21N5O2. The van der Waals surface area contributed by atoms with Crippen LogP contribution in [0.4, 0.5) is 5.82 Å². The van der Waals surface area contributed by atoms with Crippen molar-refractivity contribution in [1.82, 2.24) is 19.9 Å². The van der Waals surface area contributed by atoms with Gasteiger partial charge in [0.15, 0.2) is 5.75 Å². The van der Waals surface area contributed by atoms with E-state index >= 15 is 0 Å². The van der Waals surface area contributed by atoms with Crippen molar-refractivity contribution in [1.29, 1.82) is 0 Å². The smallest absolute Gasteiger partial charge is 0.257 e. The van der Waals surface area contributed by atoms with Crippen molar-refractivity contribution < 1.29 is 9.47 Å². The molecule has 150 valence electrons. The first-order valence-electron chi connectivity index (χ1n) is 9.93. The van der Waals surface area contributed by atoms with E-state index in [1.165, 1.54) is 0 Å². The van der Waals surface area contributed by atoms with Crippen LogP contribution in [0, 0.1) is 0 Å². The molecule has 5 rings (SSSR count). The van der Waals surface area contributed by atoms with Crippen molar-refractivity contribution in [3.8, 4) is 22.9 Å². The Labute approximate surface area is 174 Å². The van der Waals surface area contributed by atoms with Gasteiger partial charge >= 0.3 is 0 Å². The molecular weight excluding hydrogens is 378 g/mol. The van der Waals surface area contributed by atoms with E-state index in [1.54, 1.807) is 12.5 Å². The number of para-hydroxylation sites is 1. The highest BCUT2D eigenvalue weighted by Gasteiger charge is 2.20. The van der Waals surface area contributed by atoms with Crippen molar-refractivity contribution in [3.05, 3.63) is 66.7 Å². The molecule has 3 aromatic heterocycles. The molecule has 1 unspecified atom stereocenters. The van der Waals surface area contributed by atoms with Gasteiger partial charge in [-0.3, -0.25) is 4.98 Å². The predicted octanol–water partition coefficient (Wildman–Crippen LogP) is 4.07. The number of ether oxygens (including phenoxy) is 2. The van der Waals surface area contributed by atoms with E-state index in [9.17, 15) is 0 Å². The van der Waals surface area contributed by atoms with Crippen molar-refractivity contribution in [2.75, 3.05) is 25.1 Å². The van der Waals surface area contributed by atoms with Crippen LogP contribution in [0.1, 0.15) is 18.4 Å². The molecule has 4 aromatic rings. The van der Waals surface area contributed by atoms with E-state index in [1.807, 2.05) is 36.5 Å². The number of anilines is 1. The molecule has 30 heavy (non-hydrogen) atoms. The fourth-order valence-electron chi connectivity index (χ4n) is 3.55. The largest absolute Gasteiger partial charge is 0.484 e. The van der Waals surface area contributed by atoms with E-state index in [4.69, 9.17) is 9.47 Å². The Hall–Kier alpha value is -3.74. The summed E-state index contributed by atoms with van der Waals surface area (Å²) in [6, 6.07) is 14.1. The van der Waals surface area contributed by atoms with Crippen LogP contribution in [0.25, 0.3) is 22.2 Å². The zero-order chi connectivity index (χ0) is 20.3. The van der Waals surface area contributed by atoms with Crippen LogP contribution in [-0.2, 0) is 0 Å². The van der Waals surface area contributed by atoms with E-state index < -0.39 is 0 Å². The number of nitrogens with one attached hydrogen (secondary N) is 1. The average molecular weight is 399 g/mol. The third-order valence-electron chi connectivity index (χ3n) is 5.14. The van der Waals surface area contributed by atoms with Gasteiger partial charge in [-0.2, -0.15) is 0 Å². The molecule has 0 aliphatic carbocycles. The summed E-state index contributed by atoms with van der Waals surface area (Å²) in [7, 11) is 0. The normalized spacial score (nSPS) is 13.8. The quantitative estimate of drug-likeness (QED) is 0.542. The SMILES string of the molecule is CC(CNc1cc(-c2cnc3ccccc3c2)ncn1)c1ccnc2c1OCCO2. The van der Waals surface area contributed by atoms with Crippen LogP contribution in [-0.4, -0.2) is 39.7 Å². The summed E-state index contributed by atoms with van der Waals surface area (Å²) in [6.07, 6.45) is 5.18. The lowest BCUT2D eigenvalue weighted by Gasteiger charge is -2.22. The first kappa shape index (κ1) is 18.3. The Morgan fingerprint density at radius 2 is 1.90 bits per heavy atom. The molecule has 1 N–H and O–H groups in total. The van der Waals surface area contributed by atoms with Crippen molar-refractivity contribution in [3.63, 3.8) is 0 Å². The van der Waals surface area contributed by atoms with Crippen molar-refractivity contribution in [2.45, 2.75) is 12.8 Å². The van der Waals surface area contributed by atoms with Gasteiger partial charge in [0.05, 0.1) is 11.2 Å². The predicted molar refractivity (Wildman–Crippen MR) is 115 cm³/mol. The lowest BCUT2D eigenvalue weighted by atomic mass is 10.0. The monoisotopic (exact) mass is 399 g/mol. The molecule has 0 saturated carbocycles. The van der Waals surface area contributed by atoms with Gasteiger partial charge in [0.1, 0.15) is 25.4 Å². The molecule has 0 bridgehead atoms. The van der Waals surface area contributed by atoms with Gasteiger partial charge in [0.25, 0.3) is 5.88 Å². The highest BCUT2D eigenvalue weighted by atomic mass is 16.6. The van der Waals surface area contributed by atoms with Gasteiger partial charge in [0, 0.05) is 47.4 Å². The number of rotatable bonds is 5. The first-order valence-corrected chi connectivity index (χ1v) is 9.93. The molecule has 0 fully saturated rings. The zero-order valence-corrected chi connectivity index (χ0v) is 16.6. The lowest BCUT2D eigenvalue weighted by Crippen LogP contribution is -2.19. The van der Waals surface area contributed by atoms with E-state index in [-0.39, 0.29) is 5.92 Å². The maximum Gasteiger partial charge on any atom is 0.257 e. The molecule has 7 nitrogen and oxygen atoms in total.